The normalized spacial score (nSPS) is 11.3. The second-order valence-corrected chi connectivity index (χ2v) is 10.4. The standard InChI is InChI=1S/C27H28N4O3S/c1-20-5-12-25(13-6-20)35(33,34)31(26-16-21(2)4-7-22(26)3)18-27(32)29-17-23-8-10-24(11-9-23)30-15-14-28-19-30/h4-16,19H,17-18H2,1-3H3,(H,29,32). The lowest BCUT2D eigenvalue weighted by molar-refractivity contribution is -0.119. The quantitative estimate of drug-likeness (QED) is 0.401. The van der Waals surface area contributed by atoms with Crippen LogP contribution in [0.2, 0.25) is 0 Å². The molecule has 1 aromatic heterocycles. The highest BCUT2D eigenvalue weighted by Crippen LogP contribution is 2.28. The summed E-state index contributed by atoms with van der Waals surface area (Å²) >= 11 is 0. The van der Waals surface area contributed by atoms with Crippen LogP contribution in [0.25, 0.3) is 5.69 Å². The third kappa shape index (κ3) is 5.60. The summed E-state index contributed by atoms with van der Waals surface area (Å²) in [6.07, 6.45) is 5.28. The van der Waals surface area contributed by atoms with Gasteiger partial charge in [0.15, 0.2) is 0 Å². The van der Waals surface area contributed by atoms with Gasteiger partial charge in [0.25, 0.3) is 10.0 Å². The molecule has 4 rings (SSSR count). The second kappa shape index (κ2) is 10.1. The Kier molecular flexibility index (Phi) is 7.02. The van der Waals surface area contributed by atoms with Crippen LogP contribution in [0.5, 0.6) is 0 Å². The zero-order valence-corrected chi connectivity index (χ0v) is 20.8. The molecule has 4 aromatic rings. The van der Waals surface area contributed by atoms with Gasteiger partial charge >= 0.3 is 0 Å². The Balaban J connectivity index is 1.54. The van der Waals surface area contributed by atoms with Crippen LogP contribution in [0.15, 0.2) is 90.3 Å². The van der Waals surface area contributed by atoms with E-state index in [4.69, 9.17) is 0 Å². The second-order valence-electron chi connectivity index (χ2n) is 8.53. The number of rotatable bonds is 8. The summed E-state index contributed by atoms with van der Waals surface area (Å²) in [6, 6.07) is 19.9. The van der Waals surface area contributed by atoms with E-state index in [0.29, 0.717) is 5.69 Å². The SMILES string of the molecule is Cc1ccc(S(=O)(=O)N(CC(=O)NCc2ccc(-n3ccnc3)cc2)c2cc(C)ccc2C)cc1. The lowest BCUT2D eigenvalue weighted by Crippen LogP contribution is -2.41. The number of sulfonamides is 1. The summed E-state index contributed by atoms with van der Waals surface area (Å²) in [5, 5.41) is 2.86. The number of carbonyl (C=O) groups is 1. The van der Waals surface area contributed by atoms with E-state index in [1.165, 1.54) is 4.31 Å². The molecule has 1 amide bonds. The monoisotopic (exact) mass is 488 g/mol. The van der Waals surface area contributed by atoms with E-state index >= 15 is 0 Å². The molecule has 0 spiro atoms. The first kappa shape index (κ1) is 24.2. The summed E-state index contributed by atoms with van der Waals surface area (Å²) in [5.74, 6) is -0.389. The van der Waals surface area contributed by atoms with Gasteiger partial charge in [-0.2, -0.15) is 0 Å². The van der Waals surface area contributed by atoms with E-state index < -0.39 is 10.0 Å². The predicted octanol–water partition coefficient (Wildman–Crippen LogP) is 4.31. The van der Waals surface area contributed by atoms with Crippen LogP contribution < -0.4 is 9.62 Å². The molecular formula is C27H28N4O3S. The van der Waals surface area contributed by atoms with Crippen LogP contribution >= 0.6 is 0 Å². The van der Waals surface area contributed by atoms with Gasteiger partial charge < -0.3 is 9.88 Å². The highest BCUT2D eigenvalue weighted by atomic mass is 32.2. The number of aromatic nitrogens is 2. The number of anilines is 1. The fourth-order valence-electron chi connectivity index (χ4n) is 3.71. The van der Waals surface area contributed by atoms with Crippen molar-refractivity contribution in [3.8, 4) is 5.69 Å². The molecule has 0 aliphatic carbocycles. The topological polar surface area (TPSA) is 84.3 Å². The fraction of sp³-hybridized carbons (Fsp3) is 0.185. The van der Waals surface area contributed by atoms with E-state index in [1.54, 1.807) is 42.9 Å². The van der Waals surface area contributed by atoms with Gasteiger partial charge in [-0.05, 0) is 67.8 Å². The van der Waals surface area contributed by atoms with Gasteiger partial charge in [0.1, 0.15) is 6.54 Å². The van der Waals surface area contributed by atoms with E-state index in [2.05, 4.69) is 10.3 Å². The third-order valence-corrected chi connectivity index (χ3v) is 7.53. The van der Waals surface area contributed by atoms with Gasteiger partial charge in [-0.1, -0.05) is 42.0 Å². The number of benzene rings is 3. The maximum atomic E-state index is 13.6. The average molecular weight is 489 g/mol. The van der Waals surface area contributed by atoms with Gasteiger partial charge in [-0.3, -0.25) is 9.10 Å². The van der Waals surface area contributed by atoms with Gasteiger partial charge in [-0.15, -0.1) is 0 Å². The first-order chi connectivity index (χ1) is 16.7. The van der Waals surface area contributed by atoms with Crippen LogP contribution in [0.3, 0.4) is 0 Å². The molecule has 0 saturated heterocycles. The van der Waals surface area contributed by atoms with Crippen molar-refractivity contribution in [2.45, 2.75) is 32.2 Å². The highest BCUT2D eigenvalue weighted by molar-refractivity contribution is 7.92. The Morgan fingerprint density at radius 1 is 0.943 bits per heavy atom. The zero-order chi connectivity index (χ0) is 25.0. The van der Waals surface area contributed by atoms with Crippen LogP contribution in [0.1, 0.15) is 22.3 Å². The molecule has 35 heavy (non-hydrogen) atoms. The molecule has 0 unspecified atom stereocenters. The molecule has 0 bridgehead atoms. The third-order valence-electron chi connectivity index (χ3n) is 5.76. The number of imidazole rings is 1. The van der Waals surface area contributed by atoms with E-state index in [1.807, 2.05) is 67.9 Å². The largest absolute Gasteiger partial charge is 0.350 e. The average Bonchev–Trinajstić information content (AvgIpc) is 3.38. The number of hydrogen-bond acceptors (Lipinski definition) is 4. The van der Waals surface area contributed by atoms with Crippen LogP contribution in [-0.4, -0.2) is 30.4 Å². The first-order valence-electron chi connectivity index (χ1n) is 11.2. The maximum Gasteiger partial charge on any atom is 0.264 e. The van der Waals surface area contributed by atoms with Crippen molar-refractivity contribution in [2.24, 2.45) is 0 Å². The minimum atomic E-state index is -3.96. The zero-order valence-electron chi connectivity index (χ0n) is 20.0. The molecule has 180 valence electrons. The van der Waals surface area contributed by atoms with Crippen molar-refractivity contribution in [3.63, 3.8) is 0 Å². The Morgan fingerprint density at radius 3 is 2.29 bits per heavy atom. The molecular weight excluding hydrogens is 460 g/mol. The molecule has 0 radical (unpaired) electrons. The fourth-order valence-corrected chi connectivity index (χ4v) is 5.19. The Morgan fingerprint density at radius 2 is 1.63 bits per heavy atom. The van der Waals surface area contributed by atoms with Gasteiger partial charge in [0, 0.05) is 24.6 Å². The summed E-state index contributed by atoms with van der Waals surface area (Å²) in [4.78, 5) is 17.1. The summed E-state index contributed by atoms with van der Waals surface area (Å²) in [5.41, 5.74) is 5.00. The van der Waals surface area contributed by atoms with Crippen LogP contribution in [0.4, 0.5) is 5.69 Å². The Labute approximate surface area is 206 Å². The number of nitrogens with zero attached hydrogens (tertiary/aromatic N) is 3. The number of nitrogens with one attached hydrogen (secondary N) is 1. The van der Waals surface area contributed by atoms with Gasteiger partial charge in [-0.25, -0.2) is 13.4 Å². The summed E-state index contributed by atoms with van der Waals surface area (Å²) < 4.78 is 30.3. The Bertz CT molecular complexity index is 1410. The molecule has 3 aromatic carbocycles. The van der Waals surface area contributed by atoms with Crippen molar-refractivity contribution >= 4 is 21.6 Å². The number of aryl methyl sites for hydroxylation is 3. The molecule has 0 saturated carbocycles. The van der Waals surface area contributed by atoms with Crippen molar-refractivity contribution in [3.05, 3.63) is 108 Å². The smallest absolute Gasteiger partial charge is 0.264 e. The lowest BCUT2D eigenvalue weighted by Gasteiger charge is -2.26. The molecule has 1 N–H and O–H groups in total. The highest BCUT2D eigenvalue weighted by Gasteiger charge is 2.28. The van der Waals surface area contributed by atoms with Crippen LogP contribution in [0, 0.1) is 20.8 Å². The minimum Gasteiger partial charge on any atom is -0.350 e. The van der Waals surface area contributed by atoms with E-state index in [0.717, 1.165) is 27.9 Å². The van der Waals surface area contributed by atoms with Crippen LogP contribution in [-0.2, 0) is 21.4 Å². The molecule has 0 fully saturated rings. The van der Waals surface area contributed by atoms with E-state index in [9.17, 15) is 13.2 Å². The first-order valence-corrected chi connectivity index (χ1v) is 12.7. The summed E-state index contributed by atoms with van der Waals surface area (Å²) in [6.45, 7) is 5.59. The summed E-state index contributed by atoms with van der Waals surface area (Å²) in [7, 11) is -3.96. The van der Waals surface area contributed by atoms with Crippen molar-refractivity contribution < 1.29 is 13.2 Å². The molecule has 0 atom stereocenters. The molecule has 0 aliphatic rings. The van der Waals surface area contributed by atoms with Gasteiger partial charge in [0.2, 0.25) is 5.91 Å². The predicted molar refractivity (Wildman–Crippen MR) is 137 cm³/mol. The van der Waals surface area contributed by atoms with E-state index in [-0.39, 0.29) is 23.9 Å². The number of amides is 1. The minimum absolute atomic E-state index is 0.145. The van der Waals surface area contributed by atoms with Gasteiger partial charge in [0.05, 0.1) is 16.9 Å². The Hall–Kier alpha value is -3.91. The van der Waals surface area contributed by atoms with Crippen molar-refractivity contribution in [1.82, 2.24) is 14.9 Å². The molecule has 8 heteroatoms. The maximum absolute atomic E-state index is 13.6. The van der Waals surface area contributed by atoms with Crippen molar-refractivity contribution in [2.75, 3.05) is 10.8 Å². The molecule has 7 nitrogen and oxygen atoms in total. The molecule has 1 heterocycles. The lowest BCUT2D eigenvalue weighted by atomic mass is 10.1. The number of hydrogen-bond donors (Lipinski definition) is 1. The number of carbonyl (C=O) groups excluding carboxylic acids is 1. The molecule has 0 aliphatic heterocycles. The van der Waals surface area contributed by atoms with Crippen molar-refractivity contribution in [1.29, 1.82) is 0 Å².